The lowest BCUT2D eigenvalue weighted by Gasteiger charge is -2.28. The summed E-state index contributed by atoms with van der Waals surface area (Å²) in [6.07, 6.45) is -3.69. The highest BCUT2D eigenvalue weighted by Gasteiger charge is 2.37. The lowest BCUT2D eigenvalue weighted by atomic mass is 9.91. The van der Waals surface area contributed by atoms with Crippen LogP contribution in [-0.4, -0.2) is 73.5 Å². The fraction of sp³-hybridized carbons (Fsp3) is 0.519. The summed E-state index contributed by atoms with van der Waals surface area (Å²) >= 11 is 0. The molecule has 3 amide bonds. The van der Waals surface area contributed by atoms with Gasteiger partial charge >= 0.3 is 6.36 Å². The molecule has 3 heterocycles. The number of hydrogen-bond acceptors (Lipinski definition) is 8. The van der Waals surface area contributed by atoms with Crippen LogP contribution in [0.3, 0.4) is 0 Å². The zero-order valence-corrected chi connectivity index (χ0v) is 22.4. The molecular formula is C27H30F4N4O7. The summed E-state index contributed by atoms with van der Waals surface area (Å²) in [6.45, 7) is -0.159. The van der Waals surface area contributed by atoms with Gasteiger partial charge in [-0.2, -0.15) is 0 Å². The molecule has 1 unspecified atom stereocenters. The van der Waals surface area contributed by atoms with Crippen LogP contribution < -0.4 is 16.0 Å². The van der Waals surface area contributed by atoms with Crippen molar-refractivity contribution < 1.29 is 50.7 Å². The molecule has 42 heavy (non-hydrogen) atoms. The van der Waals surface area contributed by atoms with Gasteiger partial charge in [0.25, 0.3) is 5.91 Å². The number of nitrogens with one attached hydrogen (secondary N) is 3. The third kappa shape index (κ3) is 8.58. The van der Waals surface area contributed by atoms with Gasteiger partial charge in [0.1, 0.15) is 18.5 Å². The topological polar surface area (TPSA) is 149 Å². The van der Waals surface area contributed by atoms with E-state index in [9.17, 15) is 36.7 Å². The minimum absolute atomic E-state index is 0.0196. The van der Waals surface area contributed by atoms with Crippen LogP contribution in [0, 0.1) is 17.7 Å². The van der Waals surface area contributed by atoms with Crippen molar-refractivity contribution in [3.63, 3.8) is 0 Å². The SMILES string of the molecule is O=C(NC(CC1CCOCC1)C(=O)N[C@@H](C[C@@H]1CCNC1=O)C(=O)COC(F)(F)F)c1cc(-c2ccccc2F)on1. The number of nitrogens with zero attached hydrogens (tertiary/aromatic N) is 1. The van der Waals surface area contributed by atoms with Crippen molar-refractivity contribution in [1.82, 2.24) is 21.1 Å². The number of Topliss-reactive ketones (excluding diaryl/α,β-unsaturated/α-hetero) is 1. The maximum atomic E-state index is 14.2. The molecular weight excluding hydrogens is 568 g/mol. The van der Waals surface area contributed by atoms with E-state index >= 15 is 0 Å². The van der Waals surface area contributed by atoms with Gasteiger partial charge in [-0.1, -0.05) is 17.3 Å². The molecule has 2 saturated heterocycles. The molecule has 0 aliphatic carbocycles. The van der Waals surface area contributed by atoms with Crippen molar-refractivity contribution >= 4 is 23.5 Å². The normalized spacial score (nSPS) is 19.1. The van der Waals surface area contributed by atoms with Gasteiger partial charge in [-0.05, 0) is 50.2 Å². The Hall–Kier alpha value is -3.85. The van der Waals surface area contributed by atoms with E-state index in [2.05, 4.69) is 25.8 Å². The number of amides is 3. The zero-order valence-electron chi connectivity index (χ0n) is 22.4. The smallest absolute Gasteiger partial charge is 0.381 e. The second-order valence-corrected chi connectivity index (χ2v) is 10.1. The van der Waals surface area contributed by atoms with E-state index in [0.717, 1.165) is 0 Å². The first-order valence-corrected chi connectivity index (χ1v) is 13.4. The molecule has 11 nitrogen and oxygen atoms in total. The minimum Gasteiger partial charge on any atom is -0.381 e. The largest absolute Gasteiger partial charge is 0.522 e. The number of rotatable bonds is 12. The van der Waals surface area contributed by atoms with Gasteiger partial charge < -0.3 is 25.2 Å². The van der Waals surface area contributed by atoms with Crippen molar-refractivity contribution in [3.8, 4) is 11.3 Å². The summed E-state index contributed by atoms with van der Waals surface area (Å²) in [4.78, 5) is 51.4. The molecule has 0 radical (unpaired) electrons. The molecule has 2 fully saturated rings. The summed E-state index contributed by atoms with van der Waals surface area (Å²) in [6, 6.07) is 4.18. The number of aromatic nitrogens is 1. The molecule has 2 aromatic rings. The van der Waals surface area contributed by atoms with E-state index < -0.39 is 54.4 Å². The molecule has 15 heteroatoms. The van der Waals surface area contributed by atoms with E-state index in [1.165, 1.54) is 24.3 Å². The van der Waals surface area contributed by atoms with Crippen LogP contribution in [0.25, 0.3) is 11.3 Å². The standard InChI is InChI=1S/C27H30F4N4O7/c28-18-4-2-1-3-17(18)23-13-21(35-42-23)26(39)34-20(11-15-6-9-40-10-7-15)25(38)33-19(12-16-5-8-32-24(16)37)22(36)14-41-27(29,30)31/h1-4,13,15-16,19-20H,5-12,14H2,(H,32,37)(H,33,38)(H,34,39)/t16-,19-,20?/m0/s1. The molecule has 3 atom stereocenters. The first-order chi connectivity index (χ1) is 20.0. The number of benzene rings is 1. The number of hydrogen-bond donors (Lipinski definition) is 3. The van der Waals surface area contributed by atoms with E-state index in [0.29, 0.717) is 39.0 Å². The van der Waals surface area contributed by atoms with Crippen LogP contribution in [-0.2, 0) is 23.9 Å². The Labute approximate surface area is 237 Å². The number of carbonyl (C=O) groups excluding carboxylic acids is 4. The third-order valence-corrected chi connectivity index (χ3v) is 7.18. The summed E-state index contributed by atoms with van der Waals surface area (Å²) in [5.41, 5.74) is -0.175. The van der Waals surface area contributed by atoms with Gasteiger partial charge in [-0.15, -0.1) is 13.2 Å². The van der Waals surface area contributed by atoms with Gasteiger partial charge in [0.15, 0.2) is 17.2 Å². The maximum Gasteiger partial charge on any atom is 0.522 e. The van der Waals surface area contributed by atoms with E-state index in [1.807, 2.05) is 0 Å². The molecule has 0 spiro atoms. The number of alkyl halides is 3. The molecule has 0 saturated carbocycles. The van der Waals surface area contributed by atoms with Crippen LogP contribution in [0.4, 0.5) is 17.6 Å². The predicted molar refractivity (Wildman–Crippen MR) is 136 cm³/mol. The van der Waals surface area contributed by atoms with Crippen LogP contribution >= 0.6 is 0 Å². The monoisotopic (exact) mass is 598 g/mol. The van der Waals surface area contributed by atoms with Crippen LogP contribution in [0.5, 0.6) is 0 Å². The van der Waals surface area contributed by atoms with Crippen molar-refractivity contribution in [3.05, 3.63) is 41.8 Å². The van der Waals surface area contributed by atoms with Crippen LogP contribution in [0.1, 0.15) is 42.6 Å². The van der Waals surface area contributed by atoms with Crippen molar-refractivity contribution in [2.45, 2.75) is 50.6 Å². The summed E-state index contributed by atoms with van der Waals surface area (Å²) in [5.74, 6) is -4.51. The van der Waals surface area contributed by atoms with Crippen molar-refractivity contribution in [1.29, 1.82) is 0 Å². The molecule has 4 rings (SSSR count). The highest BCUT2D eigenvalue weighted by molar-refractivity contribution is 5.98. The fourth-order valence-electron chi connectivity index (χ4n) is 4.90. The highest BCUT2D eigenvalue weighted by Crippen LogP contribution is 2.25. The summed E-state index contributed by atoms with van der Waals surface area (Å²) < 4.78 is 66.2. The molecule has 1 aromatic carbocycles. The second-order valence-electron chi connectivity index (χ2n) is 10.1. The van der Waals surface area contributed by atoms with E-state index in [1.54, 1.807) is 6.07 Å². The molecule has 228 valence electrons. The molecule has 3 N–H and O–H groups in total. The Bertz CT molecular complexity index is 1280. The van der Waals surface area contributed by atoms with Crippen molar-refractivity contribution in [2.75, 3.05) is 26.4 Å². The first-order valence-electron chi connectivity index (χ1n) is 13.4. The van der Waals surface area contributed by atoms with Crippen LogP contribution in [0.15, 0.2) is 34.9 Å². The second kappa shape index (κ2) is 13.9. The van der Waals surface area contributed by atoms with Gasteiger partial charge in [0.2, 0.25) is 11.8 Å². The summed E-state index contributed by atoms with van der Waals surface area (Å²) in [7, 11) is 0. The maximum absolute atomic E-state index is 14.2. The fourth-order valence-corrected chi connectivity index (χ4v) is 4.90. The van der Waals surface area contributed by atoms with E-state index in [4.69, 9.17) is 9.26 Å². The lowest BCUT2D eigenvalue weighted by Crippen LogP contribution is -2.53. The Morgan fingerprint density at radius 3 is 2.48 bits per heavy atom. The number of ether oxygens (including phenoxy) is 2. The first kappa shape index (κ1) is 31.1. The van der Waals surface area contributed by atoms with Gasteiger partial charge in [-0.3, -0.25) is 23.9 Å². The number of carbonyl (C=O) groups is 4. The third-order valence-electron chi connectivity index (χ3n) is 7.18. The quantitative estimate of drug-likeness (QED) is 0.316. The Kier molecular flexibility index (Phi) is 10.3. The molecule has 0 bridgehead atoms. The van der Waals surface area contributed by atoms with E-state index in [-0.39, 0.29) is 41.7 Å². The van der Waals surface area contributed by atoms with Gasteiger partial charge in [0.05, 0.1) is 11.6 Å². The van der Waals surface area contributed by atoms with Crippen LogP contribution in [0.2, 0.25) is 0 Å². The number of halogens is 4. The average Bonchev–Trinajstić information content (AvgIpc) is 3.61. The van der Waals surface area contributed by atoms with Gasteiger partial charge in [0, 0.05) is 31.7 Å². The highest BCUT2D eigenvalue weighted by atomic mass is 19.4. The summed E-state index contributed by atoms with van der Waals surface area (Å²) in [5, 5.41) is 11.2. The average molecular weight is 599 g/mol. The molecule has 2 aliphatic rings. The van der Waals surface area contributed by atoms with Crippen molar-refractivity contribution in [2.24, 2.45) is 11.8 Å². The molecule has 1 aromatic heterocycles. The lowest BCUT2D eigenvalue weighted by molar-refractivity contribution is -0.321. The Morgan fingerprint density at radius 2 is 1.81 bits per heavy atom. The minimum atomic E-state index is -5.08. The number of ketones is 1. The van der Waals surface area contributed by atoms with Gasteiger partial charge in [-0.25, -0.2) is 4.39 Å². The predicted octanol–water partition coefficient (Wildman–Crippen LogP) is 2.51. The zero-order chi connectivity index (χ0) is 30.3. The molecule has 2 aliphatic heterocycles. The Morgan fingerprint density at radius 1 is 1.07 bits per heavy atom. The Balaban J connectivity index is 1.51.